The molecule has 1 aliphatic heterocycles. The molecule has 0 bridgehead atoms. The Morgan fingerprint density at radius 2 is 2.11 bits per heavy atom. The van der Waals surface area contributed by atoms with E-state index in [2.05, 4.69) is 24.3 Å². The van der Waals surface area contributed by atoms with E-state index in [0.717, 1.165) is 19.4 Å². The molecule has 3 heteroatoms. The lowest BCUT2D eigenvalue weighted by atomic mass is 10.0. The van der Waals surface area contributed by atoms with E-state index >= 15 is 0 Å². The van der Waals surface area contributed by atoms with E-state index in [9.17, 15) is 4.79 Å². The highest BCUT2D eigenvalue weighted by molar-refractivity contribution is 5.75. The Morgan fingerprint density at radius 3 is 2.61 bits per heavy atom. The highest BCUT2D eigenvalue weighted by atomic mass is 16.6. The molecule has 1 saturated heterocycles. The summed E-state index contributed by atoms with van der Waals surface area (Å²) in [5, 5.41) is 0. The number of ether oxygens (including phenoxy) is 2. The molecule has 0 spiro atoms. The Kier molecular flexibility index (Phi) is 4.50. The van der Waals surface area contributed by atoms with E-state index in [4.69, 9.17) is 9.47 Å². The fourth-order valence-electron chi connectivity index (χ4n) is 2.09. The maximum Gasteiger partial charge on any atom is 0.132 e. The van der Waals surface area contributed by atoms with Gasteiger partial charge in [-0.15, -0.1) is 0 Å². The number of epoxide rings is 1. The minimum atomic E-state index is 0.0361. The summed E-state index contributed by atoms with van der Waals surface area (Å²) in [6.07, 6.45) is 2.69. The first-order valence-electron chi connectivity index (χ1n) is 6.41. The van der Waals surface area contributed by atoms with Gasteiger partial charge in [-0.3, -0.25) is 4.79 Å². The molecule has 98 valence electrons. The van der Waals surface area contributed by atoms with Gasteiger partial charge in [0, 0.05) is 13.5 Å². The van der Waals surface area contributed by atoms with Crippen molar-refractivity contribution in [1.29, 1.82) is 0 Å². The summed E-state index contributed by atoms with van der Waals surface area (Å²) in [5.74, 6) is 0.183. The molecule has 2 rings (SSSR count). The van der Waals surface area contributed by atoms with Gasteiger partial charge in [0.2, 0.25) is 0 Å². The molecule has 0 N–H and O–H groups in total. The molecule has 2 atom stereocenters. The van der Waals surface area contributed by atoms with Crippen molar-refractivity contribution in [3.63, 3.8) is 0 Å². The molecule has 18 heavy (non-hydrogen) atoms. The normalized spacial score (nSPS) is 19.6. The third-order valence-electron chi connectivity index (χ3n) is 3.29. The van der Waals surface area contributed by atoms with Crippen LogP contribution in [-0.4, -0.2) is 25.6 Å². The largest absolute Gasteiger partial charge is 0.381 e. The summed E-state index contributed by atoms with van der Waals surface area (Å²) in [6, 6.07) is 8.52. The topological polar surface area (TPSA) is 38.8 Å². The first-order chi connectivity index (χ1) is 8.69. The molecular weight excluding hydrogens is 228 g/mol. The molecule has 1 aliphatic rings. The standard InChI is InChI=1S/C15H20O3/c1-11(16)9-14(17-2)8-5-12-3-6-13(7-4-12)15-10-18-15/h3-4,6-7,14-15H,5,8-10H2,1-2H3. The maximum absolute atomic E-state index is 11.1. The lowest BCUT2D eigenvalue weighted by Gasteiger charge is -2.13. The van der Waals surface area contributed by atoms with Gasteiger partial charge in [0.1, 0.15) is 11.9 Å². The van der Waals surface area contributed by atoms with E-state index < -0.39 is 0 Å². The summed E-state index contributed by atoms with van der Waals surface area (Å²) in [4.78, 5) is 11.1. The molecule has 1 aromatic carbocycles. The van der Waals surface area contributed by atoms with Crippen molar-refractivity contribution in [1.82, 2.24) is 0 Å². The number of benzene rings is 1. The monoisotopic (exact) mass is 248 g/mol. The van der Waals surface area contributed by atoms with Gasteiger partial charge in [-0.05, 0) is 30.9 Å². The molecule has 0 radical (unpaired) electrons. The van der Waals surface area contributed by atoms with Crippen LogP contribution in [-0.2, 0) is 20.7 Å². The molecule has 0 amide bonds. The number of methoxy groups -OCH3 is 1. The van der Waals surface area contributed by atoms with Crippen molar-refractivity contribution >= 4 is 5.78 Å². The second-order valence-electron chi connectivity index (χ2n) is 4.87. The SMILES string of the molecule is COC(CCc1ccc(C2CO2)cc1)CC(C)=O. The zero-order valence-electron chi connectivity index (χ0n) is 11.0. The summed E-state index contributed by atoms with van der Waals surface area (Å²) in [7, 11) is 1.67. The minimum Gasteiger partial charge on any atom is -0.381 e. The van der Waals surface area contributed by atoms with Crippen LogP contribution in [0.25, 0.3) is 0 Å². The van der Waals surface area contributed by atoms with Crippen LogP contribution in [0.3, 0.4) is 0 Å². The van der Waals surface area contributed by atoms with Crippen LogP contribution in [0.4, 0.5) is 0 Å². The average molecular weight is 248 g/mol. The zero-order chi connectivity index (χ0) is 13.0. The quantitative estimate of drug-likeness (QED) is 0.696. The fraction of sp³-hybridized carbons (Fsp3) is 0.533. The molecular formula is C15H20O3. The van der Waals surface area contributed by atoms with Gasteiger partial charge in [-0.2, -0.15) is 0 Å². The van der Waals surface area contributed by atoms with Crippen LogP contribution < -0.4 is 0 Å². The lowest BCUT2D eigenvalue weighted by molar-refractivity contribution is -0.119. The van der Waals surface area contributed by atoms with E-state index in [1.807, 2.05) is 0 Å². The number of carbonyl (C=O) groups is 1. The molecule has 1 aromatic rings. The van der Waals surface area contributed by atoms with Crippen molar-refractivity contribution in [3.8, 4) is 0 Å². The Labute approximate surface area is 108 Å². The van der Waals surface area contributed by atoms with Crippen LogP contribution >= 0.6 is 0 Å². The average Bonchev–Trinajstić information content (AvgIpc) is 3.19. The van der Waals surface area contributed by atoms with Crippen LogP contribution in [0.15, 0.2) is 24.3 Å². The van der Waals surface area contributed by atoms with Crippen LogP contribution in [0.1, 0.15) is 37.0 Å². The van der Waals surface area contributed by atoms with Crippen molar-refractivity contribution in [2.75, 3.05) is 13.7 Å². The van der Waals surface area contributed by atoms with Crippen molar-refractivity contribution in [2.45, 2.75) is 38.4 Å². The first-order valence-corrected chi connectivity index (χ1v) is 6.41. The summed E-state index contributed by atoms with van der Waals surface area (Å²) in [6.45, 7) is 2.46. The van der Waals surface area contributed by atoms with Gasteiger partial charge in [0.15, 0.2) is 0 Å². The molecule has 1 heterocycles. The number of aryl methyl sites for hydroxylation is 1. The number of hydrogen-bond acceptors (Lipinski definition) is 3. The molecule has 3 nitrogen and oxygen atoms in total. The first kappa shape index (κ1) is 13.2. The molecule has 2 unspecified atom stereocenters. The highest BCUT2D eigenvalue weighted by Crippen LogP contribution is 2.29. The molecule has 1 fully saturated rings. The fourth-order valence-corrected chi connectivity index (χ4v) is 2.09. The number of ketones is 1. The smallest absolute Gasteiger partial charge is 0.132 e. The van der Waals surface area contributed by atoms with Crippen molar-refractivity contribution in [2.24, 2.45) is 0 Å². The van der Waals surface area contributed by atoms with Crippen molar-refractivity contribution in [3.05, 3.63) is 35.4 Å². The van der Waals surface area contributed by atoms with Gasteiger partial charge in [-0.1, -0.05) is 24.3 Å². The minimum absolute atomic E-state index is 0.0361. The second kappa shape index (κ2) is 6.12. The second-order valence-corrected chi connectivity index (χ2v) is 4.87. The Hall–Kier alpha value is -1.19. The maximum atomic E-state index is 11.1. The van der Waals surface area contributed by atoms with Crippen LogP contribution in [0.2, 0.25) is 0 Å². The summed E-state index contributed by atoms with van der Waals surface area (Å²) >= 11 is 0. The van der Waals surface area contributed by atoms with Gasteiger partial charge in [0.25, 0.3) is 0 Å². The van der Waals surface area contributed by atoms with E-state index in [-0.39, 0.29) is 11.9 Å². The number of Topliss-reactive ketones (excluding diaryl/α,β-unsaturated/α-hetero) is 1. The van der Waals surface area contributed by atoms with Gasteiger partial charge < -0.3 is 9.47 Å². The third-order valence-corrected chi connectivity index (χ3v) is 3.29. The van der Waals surface area contributed by atoms with Crippen LogP contribution in [0.5, 0.6) is 0 Å². The number of rotatable bonds is 7. The Balaban J connectivity index is 1.82. The van der Waals surface area contributed by atoms with Gasteiger partial charge in [0.05, 0.1) is 12.7 Å². The highest BCUT2D eigenvalue weighted by Gasteiger charge is 2.24. The number of carbonyl (C=O) groups excluding carboxylic acids is 1. The van der Waals surface area contributed by atoms with E-state index in [0.29, 0.717) is 12.5 Å². The summed E-state index contributed by atoms with van der Waals surface area (Å²) < 4.78 is 10.6. The Bertz CT molecular complexity index is 393. The third kappa shape index (κ3) is 3.93. The Morgan fingerprint density at radius 1 is 1.44 bits per heavy atom. The molecule has 0 aliphatic carbocycles. The molecule has 0 aromatic heterocycles. The van der Waals surface area contributed by atoms with Gasteiger partial charge in [-0.25, -0.2) is 0 Å². The predicted octanol–water partition coefficient (Wildman–Crippen LogP) is 2.68. The summed E-state index contributed by atoms with van der Waals surface area (Å²) in [5.41, 5.74) is 2.54. The lowest BCUT2D eigenvalue weighted by Crippen LogP contribution is -2.15. The van der Waals surface area contributed by atoms with Crippen molar-refractivity contribution < 1.29 is 14.3 Å². The molecule has 0 saturated carbocycles. The zero-order valence-corrected chi connectivity index (χ0v) is 11.0. The predicted molar refractivity (Wildman–Crippen MR) is 69.6 cm³/mol. The van der Waals surface area contributed by atoms with E-state index in [1.165, 1.54) is 11.1 Å². The van der Waals surface area contributed by atoms with E-state index in [1.54, 1.807) is 14.0 Å². The van der Waals surface area contributed by atoms with Crippen LogP contribution in [0, 0.1) is 0 Å². The van der Waals surface area contributed by atoms with Gasteiger partial charge >= 0.3 is 0 Å². The number of hydrogen-bond donors (Lipinski definition) is 0.